The Bertz CT molecular complexity index is 727. The number of aryl methyl sites for hydroxylation is 1. The normalized spacial score (nSPS) is 12.5. The zero-order chi connectivity index (χ0) is 18.9. The number of benzene rings is 2. The Morgan fingerprint density at radius 1 is 1.15 bits per heavy atom. The molecule has 0 fully saturated rings. The van der Waals surface area contributed by atoms with E-state index < -0.39 is 0 Å². The maximum atomic E-state index is 10.00. The highest BCUT2D eigenvalue weighted by Gasteiger charge is 2.08. The van der Waals surface area contributed by atoms with Crippen LogP contribution in [0, 0.1) is 6.92 Å². The summed E-state index contributed by atoms with van der Waals surface area (Å²) in [5, 5.41) is 16.6. The second kappa shape index (κ2) is 9.70. The molecular weight excluding hydrogens is 326 g/mol. The van der Waals surface area contributed by atoms with Gasteiger partial charge in [0.2, 0.25) is 0 Å². The molecule has 5 heteroatoms. The van der Waals surface area contributed by atoms with Gasteiger partial charge in [0.25, 0.3) is 0 Å². The second-order valence-electron chi connectivity index (χ2n) is 6.38. The lowest BCUT2D eigenvalue weighted by Crippen LogP contribution is -2.39. The summed E-state index contributed by atoms with van der Waals surface area (Å²) in [4.78, 5) is 4.58. The highest BCUT2D eigenvalue weighted by molar-refractivity contribution is 5.79. The molecule has 0 aliphatic heterocycles. The van der Waals surface area contributed by atoms with Crippen LogP contribution in [-0.2, 0) is 6.54 Å². The molecule has 0 saturated heterocycles. The van der Waals surface area contributed by atoms with Crippen molar-refractivity contribution in [1.29, 1.82) is 0 Å². The minimum atomic E-state index is 0.221. The Morgan fingerprint density at radius 2 is 1.88 bits per heavy atom. The van der Waals surface area contributed by atoms with Crippen LogP contribution in [0.2, 0.25) is 0 Å². The molecule has 2 aromatic rings. The fourth-order valence-electron chi connectivity index (χ4n) is 2.58. The van der Waals surface area contributed by atoms with E-state index in [2.05, 4.69) is 53.7 Å². The monoisotopic (exact) mass is 355 g/mol. The molecule has 0 spiro atoms. The number of nitrogens with one attached hydrogen (secondary N) is 2. The maximum Gasteiger partial charge on any atom is 0.191 e. The van der Waals surface area contributed by atoms with Crippen molar-refractivity contribution in [3.63, 3.8) is 0 Å². The summed E-state index contributed by atoms with van der Waals surface area (Å²) >= 11 is 0. The minimum Gasteiger partial charge on any atom is -0.508 e. The Labute approximate surface area is 156 Å². The highest BCUT2D eigenvalue weighted by Crippen LogP contribution is 2.23. The molecule has 26 heavy (non-hydrogen) atoms. The van der Waals surface area contributed by atoms with E-state index in [4.69, 9.17) is 4.74 Å². The number of nitrogens with zero attached hydrogens (tertiary/aromatic N) is 1. The van der Waals surface area contributed by atoms with Crippen LogP contribution >= 0.6 is 0 Å². The highest BCUT2D eigenvalue weighted by atomic mass is 16.5. The van der Waals surface area contributed by atoms with Crippen molar-refractivity contribution in [3.05, 3.63) is 59.2 Å². The quantitative estimate of drug-likeness (QED) is 0.525. The van der Waals surface area contributed by atoms with Crippen LogP contribution in [0.5, 0.6) is 11.5 Å². The Morgan fingerprint density at radius 3 is 2.54 bits per heavy atom. The fraction of sp³-hybridized carbons (Fsp3) is 0.381. The molecular formula is C21H29N3O2. The van der Waals surface area contributed by atoms with Crippen molar-refractivity contribution in [2.75, 3.05) is 20.2 Å². The summed E-state index contributed by atoms with van der Waals surface area (Å²) in [7, 11) is 1.61. The smallest absolute Gasteiger partial charge is 0.191 e. The summed E-state index contributed by atoms with van der Waals surface area (Å²) in [5.74, 6) is 2.02. The van der Waals surface area contributed by atoms with Gasteiger partial charge in [-0.15, -0.1) is 0 Å². The molecule has 0 aromatic heterocycles. The van der Waals surface area contributed by atoms with Gasteiger partial charge >= 0.3 is 0 Å². The first-order valence-corrected chi connectivity index (χ1v) is 8.98. The predicted molar refractivity (Wildman–Crippen MR) is 107 cm³/mol. The third-order valence-electron chi connectivity index (χ3n) is 4.26. The molecule has 0 saturated carbocycles. The van der Waals surface area contributed by atoms with Gasteiger partial charge in [0.1, 0.15) is 11.5 Å². The van der Waals surface area contributed by atoms with Gasteiger partial charge in [0, 0.05) is 18.7 Å². The third kappa shape index (κ3) is 5.69. The number of aromatic hydroxyl groups is 1. The first kappa shape index (κ1) is 19.6. The molecule has 0 bridgehead atoms. The van der Waals surface area contributed by atoms with Crippen molar-refractivity contribution in [2.24, 2.45) is 4.99 Å². The number of hydrogen-bond acceptors (Lipinski definition) is 3. The summed E-state index contributed by atoms with van der Waals surface area (Å²) in [5.41, 5.74) is 3.29. The van der Waals surface area contributed by atoms with Crippen LogP contribution in [0.3, 0.4) is 0 Å². The number of phenolic OH excluding ortho intramolecular Hbond substituents is 1. The largest absolute Gasteiger partial charge is 0.508 e. The first-order valence-electron chi connectivity index (χ1n) is 8.98. The van der Waals surface area contributed by atoms with E-state index in [0.29, 0.717) is 18.2 Å². The van der Waals surface area contributed by atoms with Crippen LogP contribution in [0.1, 0.15) is 36.5 Å². The third-order valence-corrected chi connectivity index (χ3v) is 4.26. The van der Waals surface area contributed by atoms with Gasteiger partial charge in [-0.3, -0.25) is 0 Å². The summed E-state index contributed by atoms with van der Waals surface area (Å²) in [6.45, 7) is 8.24. The van der Waals surface area contributed by atoms with Gasteiger partial charge in [0.15, 0.2) is 5.96 Å². The van der Waals surface area contributed by atoms with E-state index in [0.717, 1.165) is 24.6 Å². The second-order valence-corrected chi connectivity index (χ2v) is 6.38. The van der Waals surface area contributed by atoms with E-state index in [1.807, 2.05) is 6.92 Å². The molecule has 0 amide bonds. The molecule has 2 aromatic carbocycles. The van der Waals surface area contributed by atoms with Crippen LogP contribution < -0.4 is 15.4 Å². The van der Waals surface area contributed by atoms with Gasteiger partial charge < -0.3 is 20.5 Å². The lowest BCUT2D eigenvalue weighted by molar-refractivity contribution is 0.411. The number of hydrogen-bond donors (Lipinski definition) is 3. The van der Waals surface area contributed by atoms with Crippen molar-refractivity contribution in [2.45, 2.75) is 33.2 Å². The Balaban J connectivity index is 2.01. The van der Waals surface area contributed by atoms with E-state index in [-0.39, 0.29) is 5.75 Å². The van der Waals surface area contributed by atoms with Crippen LogP contribution in [-0.4, -0.2) is 31.3 Å². The predicted octanol–water partition coefficient (Wildman–Crippen LogP) is 3.57. The number of guanidine groups is 1. The van der Waals surface area contributed by atoms with Crippen molar-refractivity contribution in [1.82, 2.24) is 10.6 Å². The van der Waals surface area contributed by atoms with E-state index >= 15 is 0 Å². The zero-order valence-corrected chi connectivity index (χ0v) is 16.0. The minimum absolute atomic E-state index is 0.221. The molecule has 5 nitrogen and oxygen atoms in total. The summed E-state index contributed by atoms with van der Waals surface area (Å²) in [6.07, 6.45) is 0. The topological polar surface area (TPSA) is 65.9 Å². The molecule has 0 aliphatic carbocycles. The SMILES string of the molecule is CCNC(=NCc1cc(OC)ccc1O)NCC(C)c1ccc(C)cc1. The van der Waals surface area contributed by atoms with Crippen LogP contribution in [0.4, 0.5) is 0 Å². The first-order chi connectivity index (χ1) is 12.5. The molecule has 1 unspecified atom stereocenters. The fourth-order valence-corrected chi connectivity index (χ4v) is 2.58. The van der Waals surface area contributed by atoms with Crippen LogP contribution in [0.15, 0.2) is 47.5 Å². The van der Waals surface area contributed by atoms with E-state index in [1.165, 1.54) is 11.1 Å². The van der Waals surface area contributed by atoms with Gasteiger partial charge in [-0.25, -0.2) is 4.99 Å². The average Bonchev–Trinajstić information content (AvgIpc) is 2.65. The van der Waals surface area contributed by atoms with E-state index in [9.17, 15) is 5.11 Å². The standard InChI is InChI=1S/C21H29N3O2/c1-5-22-21(23-13-16(3)17-8-6-15(2)7-9-17)24-14-18-12-19(26-4)10-11-20(18)25/h6-12,16,25H,5,13-14H2,1-4H3,(H2,22,23,24). The lowest BCUT2D eigenvalue weighted by Gasteiger charge is -2.16. The number of rotatable bonds is 7. The molecule has 140 valence electrons. The number of ether oxygens (including phenoxy) is 1. The molecule has 0 radical (unpaired) electrons. The molecule has 3 N–H and O–H groups in total. The molecule has 2 rings (SSSR count). The molecule has 0 aliphatic rings. The molecule has 1 atom stereocenters. The van der Waals surface area contributed by atoms with Gasteiger partial charge in [-0.2, -0.15) is 0 Å². The average molecular weight is 355 g/mol. The summed E-state index contributed by atoms with van der Waals surface area (Å²) < 4.78 is 5.21. The van der Waals surface area contributed by atoms with Gasteiger partial charge in [-0.1, -0.05) is 36.8 Å². The number of aliphatic imine (C=N–C) groups is 1. The van der Waals surface area contributed by atoms with Crippen LogP contribution in [0.25, 0.3) is 0 Å². The van der Waals surface area contributed by atoms with Gasteiger partial charge in [-0.05, 0) is 43.5 Å². The van der Waals surface area contributed by atoms with E-state index in [1.54, 1.807) is 25.3 Å². The van der Waals surface area contributed by atoms with Gasteiger partial charge in [0.05, 0.1) is 13.7 Å². The maximum absolute atomic E-state index is 10.00. The summed E-state index contributed by atoms with van der Waals surface area (Å²) in [6, 6.07) is 13.8. The number of phenols is 1. The lowest BCUT2D eigenvalue weighted by atomic mass is 10.0. The van der Waals surface area contributed by atoms with Crippen molar-refractivity contribution >= 4 is 5.96 Å². The van der Waals surface area contributed by atoms with Crippen molar-refractivity contribution < 1.29 is 9.84 Å². The Kier molecular flexibility index (Phi) is 7.33. The molecule has 0 heterocycles. The Hall–Kier alpha value is -2.69. The van der Waals surface area contributed by atoms with Crippen molar-refractivity contribution in [3.8, 4) is 11.5 Å². The zero-order valence-electron chi connectivity index (χ0n) is 16.0. The number of methoxy groups -OCH3 is 1.